The Bertz CT molecular complexity index is 548. The first-order valence-electron chi connectivity index (χ1n) is 16.9. The van der Waals surface area contributed by atoms with Gasteiger partial charge >= 0.3 is 192 Å². The van der Waals surface area contributed by atoms with Crippen LogP contribution in [0.25, 0.3) is 0 Å². The number of hydrogen-bond acceptors (Lipinski definition) is 2. The Hall–Kier alpha value is 0.386. The molecule has 0 N–H and O–H groups in total. The number of Topliss-reactive ketones (excluding diaryl/α,β-unsaturated/α-hetero) is 1. The number of carbonyl (C=O) groups excluding carboxylic acids is 1. The fourth-order valence-electron chi connectivity index (χ4n) is 5.42. The van der Waals surface area contributed by atoms with Crippen molar-refractivity contribution in [1.82, 2.24) is 0 Å². The van der Waals surface area contributed by atoms with Gasteiger partial charge in [-0.05, 0) is 6.42 Å². The zero-order valence-electron chi connectivity index (χ0n) is 28.1. The fourth-order valence-corrected chi connectivity index (χ4v) is 21.4. The third-order valence-corrected chi connectivity index (χ3v) is 23.2. The van der Waals surface area contributed by atoms with Gasteiger partial charge in [0.25, 0.3) is 0 Å². The van der Waals surface area contributed by atoms with Crippen molar-refractivity contribution in [2.75, 3.05) is 0 Å². The van der Waals surface area contributed by atoms with Gasteiger partial charge in [0.1, 0.15) is 5.78 Å². The number of ketones is 1. The molecule has 1 unspecified atom stereocenters. The van der Waals surface area contributed by atoms with E-state index in [0.29, 0.717) is 12.2 Å². The van der Waals surface area contributed by atoms with E-state index in [1.165, 1.54) is 77.0 Å². The Kier molecular flexibility index (Phi) is 26.8. The van der Waals surface area contributed by atoms with Crippen molar-refractivity contribution in [1.29, 1.82) is 0 Å². The van der Waals surface area contributed by atoms with E-state index in [1.54, 1.807) is 13.3 Å². The second kappa shape index (κ2) is 25.1. The zero-order chi connectivity index (χ0) is 29.3. The van der Waals surface area contributed by atoms with Crippen LogP contribution in [0.3, 0.4) is 0 Å². The van der Waals surface area contributed by atoms with E-state index in [0.717, 1.165) is 25.7 Å². The van der Waals surface area contributed by atoms with Crippen molar-refractivity contribution < 1.29 is 9.22 Å². The maximum absolute atomic E-state index is 10.7. The Morgan fingerprint density at radius 2 is 1.18 bits per heavy atom. The van der Waals surface area contributed by atoms with E-state index >= 15 is 0 Å². The summed E-state index contributed by atoms with van der Waals surface area (Å²) in [7, 11) is -1.55. The average Bonchev–Trinajstić information content (AvgIpc) is 2.88. The number of carbonyl (C=O) groups is 1. The molecule has 4 heteroatoms. The van der Waals surface area contributed by atoms with Crippen molar-refractivity contribution in [2.45, 2.75) is 196 Å². The van der Waals surface area contributed by atoms with Crippen LogP contribution in [0.1, 0.15) is 158 Å². The molecule has 0 aromatic carbocycles. The second-order valence-electron chi connectivity index (χ2n) is 12.8. The molecule has 2 nitrogen and oxygen atoms in total. The van der Waals surface area contributed by atoms with E-state index in [2.05, 4.69) is 71.4 Å². The first-order valence-corrected chi connectivity index (χ1v) is 28.0. The fraction of sp³-hybridized carbons (Fsp3) is 0.912. The topological polar surface area (TPSA) is 26.3 Å². The van der Waals surface area contributed by atoms with Gasteiger partial charge < -0.3 is 0 Å². The van der Waals surface area contributed by atoms with Gasteiger partial charge in [-0.2, -0.15) is 0 Å². The van der Waals surface area contributed by atoms with Gasteiger partial charge in [-0.25, -0.2) is 0 Å². The summed E-state index contributed by atoms with van der Waals surface area (Å²) in [4.78, 5) is 10.7. The first kappa shape index (κ1) is 40.5. The summed E-state index contributed by atoms with van der Waals surface area (Å²) in [5.41, 5.74) is 0.0913. The van der Waals surface area contributed by atoms with Crippen molar-refractivity contribution in [3.05, 3.63) is 10.2 Å². The summed E-state index contributed by atoms with van der Waals surface area (Å²) in [6, 6.07) is 0. The van der Waals surface area contributed by atoms with Gasteiger partial charge in [0.05, 0.1) is 0 Å². The van der Waals surface area contributed by atoms with Gasteiger partial charge in [0.2, 0.25) is 0 Å². The van der Waals surface area contributed by atoms with Crippen LogP contribution in [0.2, 0.25) is 33.0 Å². The van der Waals surface area contributed by atoms with E-state index < -0.39 is 26.7 Å². The molecule has 0 rings (SSSR count). The van der Waals surface area contributed by atoms with Crippen LogP contribution in [-0.4, -0.2) is 38.1 Å². The van der Waals surface area contributed by atoms with E-state index in [-0.39, 0.29) is 5.60 Å². The summed E-state index contributed by atoms with van der Waals surface area (Å²) in [5, 5.41) is 0. The van der Waals surface area contributed by atoms with E-state index in [4.69, 9.17) is 4.43 Å². The van der Waals surface area contributed by atoms with Crippen molar-refractivity contribution in [3.8, 4) is 0 Å². The molecular formula is C34H72O2SiSn. The molecule has 1 atom stereocenters. The van der Waals surface area contributed by atoms with Gasteiger partial charge in [0, 0.05) is 12.8 Å². The molecule has 0 aromatic rings. The number of unbranched alkanes of at least 4 members (excludes halogenated alkanes) is 7. The van der Waals surface area contributed by atoms with Gasteiger partial charge in [-0.3, -0.25) is 4.79 Å². The van der Waals surface area contributed by atoms with Crippen molar-refractivity contribution in [3.63, 3.8) is 0 Å². The second-order valence-corrected chi connectivity index (χ2v) is 30.3. The molecule has 0 bridgehead atoms. The summed E-state index contributed by atoms with van der Waals surface area (Å²) in [6.45, 7) is 23.0. The van der Waals surface area contributed by atoms with E-state index in [1.807, 2.05) is 6.92 Å². The zero-order valence-corrected chi connectivity index (χ0v) is 32.0. The summed E-state index contributed by atoms with van der Waals surface area (Å²) in [5.74, 6) is 0.406. The van der Waals surface area contributed by atoms with Crippen LogP contribution in [0.5, 0.6) is 0 Å². The first-order chi connectivity index (χ1) is 18.0. The summed E-state index contributed by atoms with van der Waals surface area (Å²) >= 11 is -2.17. The monoisotopic (exact) mass is 660 g/mol. The van der Waals surface area contributed by atoms with Crippen LogP contribution < -0.4 is 0 Å². The molecule has 0 amide bonds. The quantitative estimate of drug-likeness (QED) is 0.0761. The molecule has 0 fully saturated rings. The molecule has 0 saturated carbocycles. The molecule has 0 radical (unpaired) electrons. The average molecular weight is 660 g/mol. The van der Waals surface area contributed by atoms with Crippen molar-refractivity contribution in [2.24, 2.45) is 0 Å². The third kappa shape index (κ3) is 22.1. The Morgan fingerprint density at radius 1 is 0.711 bits per heavy atom. The van der Waals surface area contributed by atoms with Crippen LogP contribution in [0.15, 0.2) is 10.2 Å². The number of hydrogen-bond donors (Lipinski definition) is 0. The van der Waals surface area contributed by atoms with Gasteiger partial charge in [-0.15, -0.1) is 0 Å². The molecule has 0 spiro atoms. The Labute approximate surface area is 246 Å². The molecule has 0 saturated heterocycles. The maximum atomic E-state index is 10.7. The Balaban J connectivity index is 0. The SMILES string of the molecule is CCCCCC(=O)CC.CCCCCC(CC)(C/C=[CH]/[Sn]([CH2]CCC)([CH2]CCC)[CH2]CCC)O[Si](C)(C)C. The third-order valence-electron chi connectivity index (χ3n) is 7.90. The normalized spacial score (nSPS) is 13.8. The van der Waals surface area contributed by atoms with Crippen LogP contribution in [0.4, 0.5) is 0 Å². The summed E-state index contributed by atoms with van der Waals surface area (Å²) < 4.78 is 14.5. The summed E-state index contributed by atoms with van der Waals surface area (Å²) in [6.07, 6.45) is 23.6. The predicted molar refractivity (Wildman–Crippen MR) is 180 cm³/mol. The van der Waals surface area contributed by atoms with Crippen LogP contribution in [0, 0.1) is 0 Å². The van der Waals surface area contributed by atoms with Gasteiger partial charge in [0.15, 0.2) is 0 Å². The molecule has 38 heavy (non-hydrogen) atoms. The molecular weight excluding hydrogens is 587 g/mol. The van der Waals surface area contributed by atoms with Gasteiger partial charge in [-0.1, -0.05) is 26.7 Å². The van der Waals surface area contributed by atoms with Crippen LogP contribution in [-0.2, 0) is 9.22 Å². The number of rotatable bonds is 24. The Morgan fingerprint density at radius 3 is 1.58 bits per heavy atom. The standard InChI is InChI=1S/C14H29OSi.C8H16O.3C4H9.Sn/c1-7-10-11-13-14(9-3,12-8-2)15-16(4,5)6;1-3-5-6-7-8(9)4-2;3*1-3-4-2;/h2,8H,7,9-13H2,1,3-6H3;3-7H2,1-2H3;3*1,3-4H2,2H3;. The van der Waals surface area contributed by atoms with E-state index in [9.17, 15) is 4.79 Å². The molecule has 0 heterocycles. The molecule has 0 aromatic heterocycles. The molecule has 0 aliphatic rings. The van der Waals surface area contributed by atoms with Crippen molar-refractivity contribution >= 4 is 32.5 Å². The minimum absolute atomic E-state index is 0.0913. The molecule has 0 aliphatic carbocycles. The predicted octanol–water partition coefficient (Wildman–Crippen LogP) is 12.4. The molecule has 228 valence electrons. The molecule has 0 aliphatic heterocycles. The minimum atomic E-state index is -2.17. The van der Waals surface area contributed by atoms with Crippen LogP contribution >= 0.6 is 0 Å².